The third-order valence-electron chi connectivity index (χ3n) is 6.62. The Morgan fingerprint density at radius 1 is 0.675 bits per heavy atom. The number of hydrogen-bond acceptors (Lipinski definition) is 6. The lowest BCUT2D eigenvalue weighted by atomic mass is 10.1. The van der Waals surface area contributed by atoms with Gasteiger partial charge in [-0.1, -0.05) is 103 Å². The topological polar surface area (TPSA) is 66.0 Å². The highest BCUT2D eigenvalue weighted by molar-refractivity contribution is 7.98. The monoisotopic (exact) mass is 555 g/mol. The number of ether oxygens (including phenoxy) is 4. The van der Waals surface area contributed by atoms with Gasteiger partial charge in [-0.05, 0) is 35.1 Å². The van der Waals surface area contributed by atoms with Crippen LogP contribution in [0.25, 0.3) is 0 Å². The van der Waals surface area contributed by atoms with E-state index in [9.17, 15) is 4.79 Å². The highest BCUT2D eigenvalue weighted by Gasteiger charge is 2.50. The number of anilines is 1. The minimum Gasteiger partial charge on any atom is -0.367 e. The van der Waals surface area contributed by atoms with E-state index in [4.69, 9.17) is 18.9 Å². The molecule has 0 aromatic heterocycles. The van der Waals surface area contributed by atoms with Gasteiger partial charge in [-0.15, -0.1) is 11.8 Å². The van der Waals surface area contributed by atoms with Gasteiger partial charge >= 0.3 is 0 Å². The van der Waals surface area contributed by atoms with Crippen LogP contribution in [0.2, 0.25) is 0 Å². The van der Waals surface area contributed by atoms with E-state index in [0.29, 0.717) is 19.8 Å². The fourth-order valence-corrected chi connectivity index (χ4v) is 5.12. The first-order valence-corrected chi connectivity index (χ1v) is 14.5. The van der Waals surface area contributed by atoms with E-state index >= 15 is 0 Å². The van der Waals surface area contributed by atoms with Gasteiger partial charge in [0.05, 0.1) is 25.5 Å². The molecule has 1 N–H and O–H groups in total. The van der Waals surface area contributed by atoms with Gasteiger partial charge in [0, 0.05) is 4.90 Å². The molecule has 4 aromatic carbocycles. The summed E-state index contributed by atoms with van der Waals surface area (Å²) in [5.74, 6) is -0.307. The van der Waals surface area contributed by atoms with E-state index in [2.05, 4.69) is 5.32 Å². The zero-order valence-corrected chi connectivity index (χ0v) is 23.2. The van der Waals surface area contributed by atoms with Crippen LogP contribution in [0.15, 0.2) is 120 Å². The molecule has 4 atom stereocenters. The Balaban J connectivity index is 1.40. The SMILES string of the molecule is CSc1ccccc1NC(=O)[C@H]1O[C@H](OCc2ccccc2)[C@H](OCc2ccccc2)[C@H]1OCc1ccccc1. The second-order valence-corrected chi connectivity index (χ2v) is 10.3. The average Bonchev–Trinajstić information content (AvgIpc) is 3.37. The largest absolute Gasteiger partial charge is 0.367 e. The number of nitrogens with one attached hydrogen (secondary N) is 1. The summed E-state index contributed by atoms with van der Waals surface area (Å²) < 4.78 is 25.4. The minimum absolute atomic E-state index is 0.302. The molecule has 4 aromatic rings. The number of thioether (sulfide) groups is 1. The van der Waals surface area contributed by atoms with Gasteiger partial charge in [0.25, 0.3) is 5.91 Å². The summed E-state index contributed by atoms with van der Waals surface area (Å²) in [5.41, 5.74) is 3.72. The number of carbonyl (C=O) groups is 1. The maximum atomic E-state index is 13.7. The quantitative estimate of drug-likeness (QED) is 0.203. The summed E-state index contributed by atoms with van der Waals surface area (Å²) in [4.78, 5) is 14.7. The van der Waals surface area contributed by atoms with Crippen LogP contribution in [0.3, 0.4) is 0 Å². The molecule has 6 nitrogen and oxygen atoms in total. The molecule has 1 saturated heterocycles. The Morgan fingerprint density at radius 2 is 1.15 bits per heavy atom. The van der Waals surface area contributed by atoms with Crippen molar-refractivity contribution in [2.75, 3.05) is 11.6 Å². The first-order valence-electron chi connectivity index (χ1n) is 13.3. The molecule has 0 radical (unpaired) electrons. The molecule has 5 rings (SSSR count). The van der Waals surface area contributed by atoms with Gasteiger partial charge in [0.15, 0.2) is 12.4 Å². The van der Waals surface area contributed by atoms with Crippen molar-refractivity contribution in [2.45, 2.75) is 49.3 Å². The van der Waals surface area contributed by atoms with Crippen molar-refractivity contribution in [2.24, 2.45) is 0 Å². The molecular formula is C33H33NO5S. The summed E-state index contributed by atoms with van der Waals surface area (Å²) in [6.45, 7) is 0.942. The molecule has 0 saturated carbocycles. The van der Waals surface area contributed by atoms with Crippen LogP contribution in [-0.2, 0) is 43.6 Å². The molecule has 7 heteroatoms. The van der Waals surface area contributed by atoms with Crippen molar-refractivity contribution in [3.63, 3.8) is 0 Å². The van der Waals surface area contributed by atoms with Gasteiger partial charge < -0.3 is 24.3 Å². The van der Waals surface area contributed by atoms with E-state index in [0.717, 1.165) is 27.3 Å². The Hall–Kier alpha value is -3.46. The third kappa shape index (κ3) is 7.38. The van der Waals surface area contributed by atoms with Crippen LogP contribution in [-0.4, -0.2) is 36.8 Å². The predicted octanol–water partition coefficient (Wildman–Crippen LogP) is 6.46. The first kappa shape index (κ1) is 28.1. The van der Waals surface area contributed by atoms with Crippen molar-refractivity contribution in [1.82, 2.24) is 0 Å². The molecule has 0 aliphatic carbocycles. The molecule has 0 bridgehead atoms. The predicted molar refractivity (Wildman–Crippen MR) is 157 cm³/mol. The van der Waals surface area contributed by atoms with E-state index < -0.39 is 24.6 Å². The zero-order chi connectivity index (χ0) is 27.6. The standard InChI is InChI=1S/C33H33NO5S/c1-40-28-20-12-11-19-27(28)34-32(35)30-29(36-21-24-13-5-2-6-14-24)31(37-22-25-15-7-3-8-16-25)33(39-30)38-23-26-17-9-4-10-18-26/h2-20,29-31,33H,21-23H2,1H3,(H,34,35)/t29-,30-,31+,33-/m0/s1. The van der Waals surface area contributed by atoms with Crippen LogP contribution in [0, 0.1) is 0 Å². The Kier molecular flexibility index (Phi) is 10.0. The van der Waals surface area contributed by atoms with Crippen molar-refractivity contribution >= 4 is 23.4 Å². The molecule has 1 fully saturated rings. The highest BCUT2D eigenvalue weighted by atomic mass is 32.2. The summed E-state index contributed by atoms with van der Waals surface area (Å²) in [6.07, 6.45) is -1.12. The summed E-state index contributed by atoms with van der Waals surface area (Å²) in [6, 6.07) is 37.3. The maximum Gasteiger partial charge on any atom is 0.256 e. The van der Waals surface area contributed by atoms with Crippen LogP contribution >= 0.6 is 11.8 Å². The van der Waals surface area contributed by atoms with Crippen LogP contribution in [0.4, 0.5) is 5.69 Å². The number of amides is 1. The van der Waals surface area contributed by atoms with Crippen LogP contribution in [0.5, 0.6) is 0 Å². The lowest BCUT2D eigenvalue weighted by Gasteiger charge is -2.25. The third-order valence-corrected chi connectivity index (χ3v) is 7.42. The highest BCUT2D eigenvalue weighted by Crippen LogP contribution is 2.32. The van der Waals surface area contributed by atoms with Crippen molar-refractivity contribution < 1.29 is 23.7 Å². The normalized spacial score (nSPS) is 20.3. The van der Waals surface area contributed by atoms with Crippen molar-refractivity contribution in [3.05, 3.63) is 132 Å². The summed E-state index contributed by atoms with van der Waals surface area (Å²) >= 11 is 1.56. The number of rotatable bonds is 12. The zero-order valence-electron chi connectivity index (χ0n) is 22.3. The maximum absolute atomic E-state index is 13.7. The summed E-state index contributed by atoms with van der Waals surface area (Å²) in [7, 11) is 0. The van der Waals surface area contributed by atoms with Gasteiger partial charge in [0.2, 0.25) is 0 Å². The van der Waals surface area contributed by atoms with Crippen LogP contribution in [0.1, 0.15) is 16.7 Å². The molecule has 1 amide bonds. The second kappa shape index (κ2) is 14.3. The average molecular weight is 556 g/mol. The molecule has 1 aliphatic heterocycles. The molecular weight excluding hydrogens is 522 g/mol. The van der Waals surface area contributed by atoms with Gasteiger partial charge in [0.1, 0.15) is 12.2 Å². The molecule has 40 heavy (non-hydrogen) atoms. The number of para-hydroxylation sites is 1. The smallest absolute Gasteiger partial charge is 0.256 e. The van der Waals surface area contributed by atoms with Gasteiger partial charge in [-0.3, -0.25) is 4.79 Å². The second-order valence-electron chi connectivity index (χ2n) is 9.43. The fourth-order valence-electron chi connectivity index (χ4n) is 4.57. The Morgan fingerprint density at radius 3 is 1.70 bits per heavy atom. The van der Waals surface area contributed by atoms with E-state index in [1.54, 1.807) is 11.8 Å². The van der Waals surface area contributed by atoms with Gasteiger partial charge in [-0.2, -0.15) is 0 Å². The molecule has 1 aliphatic rings. The minimum atomic E-state index is -0.944. The lowest BCUT2D eigenvalue weighted by Crippen LogP contribution is -2.42. The van der Waals surface area contributed by atoms with E-state index in [1.807, 2.05) is 122 Å². The molecule has 1 heterocycles. The van der Waals surface area contributed by atoms with E-state index in [1.165, 1.54) is 0 Å². The Labute approximate surface area is 239 Å². The summed E-state index contributed by atoms with van der Waals surface area (Å²) in [5, 5.41) is 3.04. The lowest BCUT2D eigenvalue weighted by molar-refractivity contribution is -0.187. The van der Waals surface area contributed by atoms with Crippen molar-refractivity contribution in [3.8, 4) is 0 Å². The van der Waals surface area contributed by atoms with Crippen molar-refractivity contribution in [1.29, 1.82) is 0 Å². The molecule has 0 unspecified atom stereocenters. The molecule has 206 valence electrons. The number of carbonyl (C=O) groups excluding carboxylic acids is 1. The fraction of sp³-hybridized carbons (Fsp3) is 0.242. The number of hydrogen-bond donors (Lipinski definition) is 1. The molecule has 0 spiro atoms. The van der Waals surface area contributed by atoms with Crippen LogP contribution < -0.4 is 5.32 Å². The van der Waals surface area contributed by atoms with Gasteiger partial charge in [-0.25, -0.2) is 0 Å². The first-order chi connectivity index (χ1) is 19.7. The Bertz CT molecular complexity index is 1340. The van der Waals surface area contributed by atoms with E-state index in [-0.39, 0.29) is 5.91 Å². The number of benzene rings is 4.